The molecule has 2 amide bonds. The summed E-state index contributed by atoms with van der Waals surface area (Å²) in [5, 5.41) is 5.72. The third-order valence-electron chi connectivity index (χ3n) is 3.88. The van der Waals surface area contributed by atoms with E-state index in [9.17, 15) is 4.79 Å². The molecule has 2 aromatic carbocycles. The molecule has 0 heterocycles. The Hall–Kier alpha value is -2.69. The summed E-state index contributed by atoms with van der Waals surface area (Å²) in [7, 11) is 1.63. The number of urea groups is 1. The number of rotatable bonds is 7. The maximum Gasteiger partial charge on any atom is 0.315 e. The zero-order valence-corrected chi connectivity index (χ0v) is 15.3. The van der Waals surface area contributed by atoms with Crippen molar-refractivity contribution in [1.82, 2.24) is 10.6 Å². The largest absolute Gasteiger partial charge is 0.496 e. The quantitative estimate of drug-likeness (QED) is 0.754. The summed E-state index contributed by atoms with van der Waals surface area (Å²) in [6.45, 7) is 6.81. The van der Waals surface area contributed by atoms with E-state index in [0.717, 1.165) is 22.6 Å². The van der Waals surface area contributed by atoms with Crippen molar-refractivity contribution in [3.05, 3.63) is 59.2 Å². The van der Waals surface area contributed by atoms with Crippen LogP contribution in [0.25, 0.3) is 0 Å². The fourth-order valence-electron chi connectivity index (χ4n) is 2.49. The molecule has 0 aromatic heterocycles. The van der Waals surface area contributed by atoms with Crippen molar-refractivity contribution >= 4 is 6.03 Å². The van der Waals surface area contributed by atoms with Gasteiger partial charge in [-0.1, -0.05) is 35.4 Å². The molecule has 0 fully saturated rings. The molecule has 5 heteroatoms. The average molecular weight is 342 g/mol. The van der Waals surface area contributed by atoms with Gasteiger partial charge in [0.1, 0.15) is 18.1 Å². The molecule has 134 valence electrons. The molecule has 2 rings (SSSR count). The Morgan fingerprint density at radius 2 is 1.76 bits per heavy atom. The fourth-order valence-corrected chi connectivity index (χ4v) is 2.49. The summed E-state index contributed by atoms with van der Waals surface area (Å²) < 4.78 is 11.0. The molecule has 25 heavy (non-hydrogen) atoms. The van der Waals surface area contributed by atoms with Gasteiger partial charge in [0.25, 0.3) is 0 Å². The van der Waals surface area contributed by atoms with E-state index in [1.165, 1.54) is 5.56 Å². The number of ether oxygens (including phenoxy) is 2. The van der Waals surface area contributed by atoms with Gasteiger partial charge in [-0.2, -0.15) is 0 Å². The van der Waals surface area contributed by atoms with Gasteiger partial charge in [0, 0.05) is 5.56 Å². The summed E-state index contributed by atoms with van der Waals surface area (Å²) in [5.74, 6) is 1.56. The minimum atomic E-state index is -0.233. The zero-order valence-electron chi connectivity index (χ0n) is 15.3. The molecule has 0 radical (unpaired) electrons. The van der Waals surface area contributed by atoms with Crippen LogP contribution in [-0.4, -0.2) is 26.3 Å². The summed E-state index contributed by atoms with van der Waals surface area (Å²) in [6.07, 6.45) is 0. The minimum absolute atomic E-state index is 0.159. The number of hydrogen-bond donors (Lipinski definition) is 2. The topological polar surface area (TPSA) is 59.6 Å². The van der Waals surface area contributed by atoms with Crippen molar-refractivity contribution in [3.8, 4) is 11.5 Å². The summed E-state index contributed by atoms with van der Waals surface area (Å²) >= 11 is 0. The molecule has 0 bridgehead atoms. The molecular weight excluding hydrogens is 316 g/mol. The molecule has 1 atom stereocenters. The number of aryl methyl sites for hydroxylation is 2. The Kier molecular flexibility index (Phi) is 6.69. The monoisotopic (exact) mass is 342 g/mol. The molecule has 1 unspecified atom stereocenters. The highest BCUT2D eigenvalue weighted by Crippen LogP contribution is 2.25. The number of carbonyl (C=O) groups is 1. The van der Waals surface area contributed by atoms with E-state index in [0.29, 0.717) is 13.2 Å². The Morgan fingerprint density at radius 1 is 1.08 bits per heavy atom. The lowest BCUT2D eigenvalue weighted by atomic mass is 10.0. The maximum absolute atomic E-state index is 12.0. The SMILES string of the molecule is COc1ccc(C)cc1C(C)NC(=O)NCCOc1ccc(C)cc1. The van der Waals surface area contributed by atoms with E-state index >= 15 is 0 Å². The molecule has 2 N–H and O–H groups in total. The highest BCUT2D eigenvalue weighted by atomic mass is 16.5. The number of hydrogen-bond acceptors (Lipinski definition) is 3. The fraction of sp³-hybridized carbons (Fsp3) is 0.350. The predicted molar refractivity (Wildman–Crippen MR) is 99.4 cm³/mol. The van der Waals surface area contributed by atoms with Gasteiger partial charge in [0.15, 0.2) is 0 Å². The van der Waals surface area contributed by atoms with Gasteiger partial charge in [-0.25, -0.2) is 4.79 Å². The van der Waals surface area contributed by atoms with E-state index in [4.69, 9.17) is 9.47 Å². The molecule has 0 saturated carbocycles. The molecule has 0 aliphatic carbocycles. The lowest BCUT2D eigenvalue weighted by Crippen LogP contribution is -2.39. The smallest absolute Gasteiger partial charge is 0.315 e. The third kappa shape index (κ3) is 5.71. The highest BCUT2D eigenvalue weighted by molar-refractivity contribution is 5.74. The Labute approximate surface area is 149 Å². The summed E-state index contributed by atoms with van der Waals surface area (Å²) in [4.78, 5) is 12.0. The first kappa shape index (κ1) is 18.6. The van der Waals surface area contributed by atoms with Crippen LogP contribution in [0.4, 0.5) is 4.79 Å². The molecular formula is C20H26N2O3. The first-order valence-corrected chi connectivity index (χ1v) is 8.38. The van der Waals surface area contributed by atoms with Crippen LogP contribution in [0.3, 0.4) is 0 Å². The van der Waals surface area contributed by atoms with Gasteiger partial charge < -0.3 is 20.1 Å². The zero-order chi connectivity index (χ0) is 18.2. The van der Waals surface area contributed by atoms with Crippen LogP contribution >= 0.6 is 0 Å². The van der Waals surface area contributed by atoms with Crippen molar-refractivity contribution < 1.29 is 14.3 Å². The van der Waals surface area contributed by atoms with Crippen molar-refractivity contribution in [1.29, 1.82) is 0 Å². The van der Waals surface area contributed by atoms with Crippen LogP contribution in [0, 0.1) is 13.8 Å². The molecule has 2 aromatic rings. The second kappa shape index (κ2) is 8.97. The molecule has 5 nitrogen and oxygen atoms in total. The van der Waals surface area contributed by atoms with Gasteiger partial charge in [0.05, 0.1) is 19.7 Å². The molecule has 0 spiro atoms. The van der Waals surface area contributed by atoms with Gasteiger partial charge in [-0.05, 0) is 39.0 Å². The van der Waals surface area contributed by atoms with Crippen LogP contribution in [0.15, 0.2) is 42.5 Å². The van der Waals surface area contributed by atoms with Crippen molar-refractivity contribution in [3.63, 3.8) is 0 Å². The summed E-state index contributed by atoms with van der Waals surface area (Å²) in [5.41, 5.74) is 3.26. The van der Waals surface area contributed by atoms with Gasteiger partial charge >= 0.3 is 6.03 Å². The minimum Gasteiger partial charge on any atom is -0.496 e. The number of methoxy groups -OCH3 is 1. The van der Waals surface area contributed by atoms with Gasteiger partial charge in [-0.15, -0.1) is 0 Å². The molecule has 0 saturated heterocycles. The van der Waals surface area contributed by atoms with Crippen LogP contribution in [0.1, 0.15) is 29.7 Å². The second-order valence-corrected chi connectivity index (χ2v) is 6.03. The first-order chi connectivity index (χ1) is 12.0. The molecule has 0 aliphatic rings. The first-order valence-electron chi connectivity index (χ1n) is 8.38. The third-order valence-corrected chi connectivity index (χ3v) is 3.88. The van der Waals surface area contributed by atoms with Crippen LogP contribution in [0.2, 0.25) is 0 Å². The Morgan fingerprint density at radius 3 is 2.44 bits per heavy atom. The van der Waals surface area contributed by atoms with Crippen LogP contribution < -0.4 is 20.1 Å². The normalized spacial score (nSPS) is 11.5. The van der Waals surface area contributed by atoms with Crippen molar-refractivity contribution in [2.75, 3.05) is 20.3 Å². The van der Waals surface area contributed by atoms with Crippen molar-refractivity contribution in [2.45, 2.75) is 26.8 Å². The van der Waals surface area contributed by atoms with E-state index in [1.54, 1.807) is 7.11 Å². The Bertz CT molecular complexity index is 699. The predicted octanol–water partition coefficient (Wildman–Crippen LogP) is 3.75. The maximum atomic E-state index is 12.0. The number of carbonyl (C=O) groups excluding carboxylic acids is 1. The lowest BCUT2D eigenvalue weighted by molar-refractivity contribution is 0.233. The molecule has 0 aliphatic heterocycles. The van der Waals surface area contributed by atoms with Crippen molar-refractivity contribution in [2.24, 2.45) is 0 Å². The van der Waals surface area contributed by atoms with E-state index < -0.39 is 0 Å². The van der Waals surface area contributed by atoms with E-state index in [-0.39, 0.29) is 12.1 Å². The van der Waals surface area contributed by atoms with Gasteiger partial charge in [-0.3, -0.25) is 0 Å². The number of amides is 2. The average Bonchev–Trinajstić information content (AvgIpc) is 2.60. The van der Waals surface area contributed by atoms with Crippen LogP contribution in [-0.2, 0) is 0 Å². The number of nitrogens with one attached hydrogen (secondary N) is 2. The highest BCUT2D eigenvalue weighted by Gasteiger charge is 2.14. The Balaban J connectivity index is 1.78. The second-order valence-electron chi connectivity index (χ2n) is 6.03. The van der Waals surface area contributed by atoms with Gasteiger partial charge in [0.2, 0.25) is 0 Å². The summed E-state index contributed by atoms with van der Waals surface area (Å²) in [6, 6.07) is 13.3. The standard InChI is InChI=1S/C20H26N2O3/c1-14-5-8-17(9-6-14)25-12-11-21-20(23)22-16(3)18-13-15(2)7-10-19(18)24-4/h5-10,13,16H,11-12H2,1-4H3,(H2,21,22,23). The van der Waals surface area contributed by atoms with E-state index in [1.807, 2.05) is 63.2 Å². The number of benzene rings is 2. The lowest BCUT2D eigenvalue weighted by Gasteiger charge is -2.18. The van der Waals surface area contributed by atoms with E-state index in [2.05, 4.69) is 10.6 Å². The van der Waals surface area contributed by atoms with Crippen LogP contribution in [0.5, 0.6) is 11.5 Å².